The lowest BCUT2D eigenvalue weighted by Gasteiger charge is -2.47. The van der Waals surface area contributed by atoms with Crippen molar-refractivity contribution in [2.75, 3.05) is 51.8 Å². The van der Waals surface area contributed by atoms with Crippen LogP contribution in [0.1, 0.15) is 37.7 Å². The van der Waals surface area contributed by atoms with E-state index < -0.39 is 0 Å². The van der Waals surface area contributed by atoms with Crippen LogP contribution >= 0.6 is 0 Å². The van der Waals surface area contributed by atoms with Gasteiger partial charge in [-0.25, -0.2) is 9.97 Å². The van der Waals surface area contributed by atoms with E-state index in [1.54, 1.807) is 0 Å². The number of likely N-dealkylation sites (tertiary alicyclic amines) is 2. The number of anilines is 1. The Labute approximate surface area is 156 Å². The average Bonchev–Trinajstić information content (AvgIpc) is 2.65. The number of nitrogens with zero attached hydrogens (tertiary/aromatic N) is 5. The molecule has 2 aliphatic heterocycles. The maximum atomic E-state index is 12.1. The molecule has 1 N–H and O–H groups in total. The number of rotatable bonds is 6. The number of aliphatic hydroxyl groups is 1. The van der Waals surface area contributed by atoms with Gasteiger partial charge in [-0.15, -0.1) is 0 Å². The Balaban J connectivity index is 1.52. The van der Waals surface area contributed by atoms with Crippen LogP contribution in [0, 0.1) is 5.41 Å². The average molecular weight is 361 g/mol. The number of hydrogen-bond donors (Lipinski definition) is 1. The van der Waals surface area contributed by atoms with Gasteiger partial charge in [0, 0.05) is 64.7 Å². The molecule has 3 heterocycles. The summed E-state index contributed by atoms with van der Waals surface area (Å²) in [6.07, 6.45) is 8.45. The summed E-state index contributed by atoms with van der Waals surface area (Å²) in [4.78, 5) is 27.3. The van der Waals surface area contributed by atoms with Gasteiger partial charge in [-0.3, -0.25) is 9.69 Å². The summed E-state index contributed by atoms with van der Waals surface area (Å²) in [6.45, 7) is 4.70. The van der Waals surface area contributed by atoms with E-state index in [1.165, 1.54) is 0 Å². The van der Waals surface area contributed by atoms with Gasteiger partial charge in [0.15, 0.2) is 0 Å². The van der Waals surface area contributed by atoms with Crippen LogP contribution in [0.15, 0.2) is 12.4 Å². The quantitative estimate of drug-likeness (QED) is 0.819. The molecule has 0 aliphatic carbocycles. The number of hydrogen-bond acceptors (Lipinski definition) is 6. The van der Waals surface area contributed by atoms with Gasteiger partial charge in [0.25, 0.3) is 0 Å². The Bertz CT molecular complexity index is 596. The highest BCUT2D eigenvalue weighted by Gasteiger charge is 2.40. The molecule has 1 aromatic rings. The molecule has 2 aliphatic rings. The largest absolute Gasteiger partial charge is 0.396 e. The Morgan fingerprint density at radius 3 is 2.50 bits per heavy atom. The van der Waals surface area contributed by atoms with E-state index in [-0.39, 0.29) is 17.9 Å². The number of carbonyl (C=O) groups is 1. The van der Waals surface area contributed by atoms with Gasteiger partial charge >= 0.3 is 0 Å². The molecule has 0 atom stereocenters. The molecule has 0 bridgehead atoms. The van der Waals surface area contributed by atoms with Crippen LogP contribution in [0.2, 0.25) is 0 Å². The third-order valence-corrected chi connectivity index (χ3v) is 5.75. The van der Waals surface area contributed by atoms with Crippen LogP contribution in [-0.4, -0.2) is 77.7 Å². The molecule has 1 spiro atoms. The first-order chi connectivity index (χ1) is 12.5. The molecule has 3 rings (SSSR count). The predicted molar refractivity (Wildman–Crippen MR) is 101 cm³/mol. The zero-order chi connectivity index (χ0) is 18.6. The van der Waals surface area contributed by atoms with Gasteiger partial charge in [-0.05, 0) is 44.2 Å². The summed E-state index contributed by atoms with van der Waals surface area (Å²) in [7, 11) is 3.88. The summed E-state index contributed by atoms with van der Waals surface area (Å²) in [5.74, 6) is 0.992. The molecule has 1 amide bonds. The van der Waals surface area contributed by atoms with Crippen LogP contribution < -0.4 is 4.90 Å². The molecule has 144 valence electrons. The molecule has 7 heteroatoms. The number of aromatic nitrogens is 2. The maximum absolute atomic E-state index is 12.1. The first-order valence-electron chi connectivity index (χ1n) is 9.61. The fourth-order valence-electron chi connectivity index (χ4n) is 4.08. The van der Waals surface area contributed by atoms with E-state index in [1.807, 2.05) is 36.3 Å². The van der Waals surface area contributed by atoms with E-state index in [0.717, 1.165) is 57.0 Å². The molecule has 1 aromatic heterocycles. The second-order valence-corrected chi connectivity index (χ2v) is 7.95. The smallest absolute Gasteiger partial charge is 0.224 e. The van der Waals surface area contributed by atoms with Gasteiger partial charge in [0.05, 0.1) is 0 Å². The topological polar surface area (TPSA) is 72.8 Å². The van der Waals surface area contributed by atoms with Crippen molar-refractivity contribution in [1.29, 1.82) is 0 Å². The van der Waals surface area contributed by atoms with Crippen molar-refractivity contribution >= 4 is 11.9 Å². The van der Waals surface area contributed by atoms with E-state index in [0.29, 0.717) is 19.4 Å². The van der Waals surface area contributed by atoms with Crippen LogP contribution in [-0.2, 0) is 11.3 Å². The number of aliphatic hydroxyl groups excluding tert-OH is 1. The van der Waals surface area contributed by atoms with E-state index in [4.69, 9.17) is 5.11 Å². The number of amides is 1. The minimum Gasteiger partial charge on any atom is -0.396 e. The highest BCUT2D eigenvalue weighted by molar-refractivity contribution is 5.77. The van der Waals surface area contributed by atoms with Crippen molar-refractivity contribution in [3.63, 3.8) is 0 Å². The summed E-state index contributed by atoms with van der Waals surface area (Å²) in [5, 5.41) is 9.05. The molecule has 26 heavy (non-hydrogen) atoms. The van der Waals surface area contributed by atoms with Crippen LogP contribution in [0.3, 0.4) is 0 Å². The first-order valence-corrected chi connectivity index (χ1v) is 9.61. The highest BCUT2D eigenvalue weighted by Crippen LogP contribution is 2.40. The zero-order valence-electron chi connectivity index (χ0n) is 16.0. The van der Waals surface area contributed by atoms with Crippen molar-refractivity contribution in [1.82, 2.24) is 19.8 Å². The Morgan fingerprint density at radius 2 is 1.88 bits per heavy atom. The Kier molecular flexibility index (Phi) is 6.09. The second-order valence-electron chi connectivity index (χ2n) is 7.95. The van der Waals surface area contributed by atoms with Gasteiger partial charge in [-0.2, -0.15) is 0 Å². The summed E-state index contributed by atoms with van der Waals surface area (Å²) in [6, 6.07) is 0. The standard InChI is InChI=1S/C19H31N5O2/c1-22(2)18-20-12-16(13-21-18)14-23-9-6-19(7-10-23)5-4-17(26)24(15-19)8-3-11-25/h12-13,25H,3-11,14-15H2,1-2H3. The minimum absolute atomic E-state index is 0.152. The molecule has 0 unspecified atom stereocenters. The minimum atomic E-state index is 0.152. The van der Waals surface area contributed by atoms with Crippen molar-refractivity contribution in [3.8, 4) is 0 Å². The maximum Gasteiger partial charge on any atom is 0.224 e. The molecular weight excluding hydrogens is 330 g/mol. The van der Waals surface area contributed by atoms with Crippen molar-refractivity contribution in [2.45, 2.75) is 38.6 Å². The SMILES string of the molecule is CN(C)c1ncc(CN2CCC3(CCC(=O)N(CCCO)C3)CC2)cn1. The lowest BCUT2D eigenvalue weighted by atomic mass is 9.72. The second kappa shape index (κ2) is 8.31. The van der Waals surface area contributed by atoms with Crippen LogP contribution in [0.25, 0.3) is 0 Å². The normalized spacial score (nSPS) is 20.6. The molecule has 7 nitrogen and oxygen atoms in total. The molecule has 2 saturated heterocycles. The Hall–Kier alpha value is -1.73. The van der Waals surface area contributed by atoms with Gasteiger partial charge in [0.2, 0.25) is 11.9 Å². The van der Waals surface area contributed by atoms with E-state index in [2.05, 4.69) is 14.9 Å². The van der Waals surface area contributed by atoms with Gasteiger partial charge in [-0.1, -0.05) is 0 Å². The molecule has 0 radical (unpaired) electrons. The molecule has 2 fully saturated rings. The lowest BCUT2D eigenvalue weighted by molar-refractivity contribution is -0.139. The summed E-state index contributed by atoms with van der Waals surface area (Å²) < 4.78 is 0. The molecule has 0 aromatic carbocycles. The number of piperidine rings is 2. The summed E-state index contributed by atoms with van der Waals surface area (Å²) >= 11 is 0. The number of carbonyl (C=O) groups excluding carboxylic acids is 1. The van der Waals surface area contributed by atoms with Crippen LogP contribution in [0.5, 0.6) is 0 Å². The zero-order valence-corrected chi connectivity index (χ0v) is 16.0. The van der Waals surface area contributed by atoms with Gasteiger partial charge in [0.1, 0.15) is 0 Å². The van der Waals surface area contributed by atoms with Crippen molar-refractivity contribution < 1.29 is 9.90 Å². The third kappa shape index (κ3) is 4.51. The van der Waals surface area contributed by atoms with Crippen molar-refractivity contribution in [3.05, 3.63) is 18.0 Å². The molecular formula is C19H31N5O2. The van der Waals surface area contributed by atoms with Crippen molar-refractivity contribution in [2.24, 2.45) is 5.41 Å². The lowest BCUT2D eigenvalue weighted by Crippen LogP contribution is -2.51. The fraction of sp³-hybridized carbons (Fsp3) is 0.737. The summed E-state index contributed by atoms with van der Waals surface area (Å²) in [5.41, 5.74) is 1.42. The predicted octanol–water partition coefficient (Wildman–Crippen LogP) is 1.13. The highest BCUT2D eigenvalue weighted by atomic mass is 16.3. The van der Waals surface area contributed by atoms with E-state index >= 15 is 0 Å². The molecule has 0 saturated carbocycles. The monoisotopic (exact) mass is 361 g/mol. The first kappa shape index (κ1) is 19.0. The Morgan fingerprint density at radius 1 is 1.19 bits per heavy atom. The van der Waals surface area contributed by atoms with E-state index in [9.17, 15) is 4.79 Å². The van der Waals surface area contributed by atoms with Gasteiger partial charge < -0.3 is 14.9 Å². The third-order valence-electron chi connectivity index (χ3n) is 5.75. The fourth-order valence-corrected chi connectivity index (χ4v) is 4.08. The van der Waals surface area contributed by atoms with Crippen LogP contribution in [0.4, 0.5) is 5.95 Å².